The number of carbonyl (C=O) groups excluding carboxylic acids is 1. The molecular weight excluding hydrogens is 276 g/mol. The molecule has 106 valence electrons. The number of alkyl halides is 4. The highest BCUT2D eigenvalue weighted by Gasteiger charge is 2.41. The number of halogens is 4. The van der Waals surface area contributed by atoms with Crippen molar-refractivity contribution in [2.45, 2.75) is 18.9 Å². The summed E-state index contributed by atoms with van der Waals surface area (Å²) in [6.07, 6.45) is -3.01. The van der Waals surface area contributed by atoms with Crippen molar-refractivity contribution in [3.05, 3.63) is 11.9 Å². The first kappa shape index (κ1) is 14.9. The number of carbonyl (C=O) groups is 2. The van der Waals surface area contributed by atoms with E-state index in [1.54, 1.807) is 5.32 Å². The largest absolute Gasteiger partial charge is 0.480 e. The average molecular weight is 284 g/mol. The quantitative estimate of drug-likeness (QED) is 0.716. The third kappa shape index (κ3) is 4.19. The highest BCUT2D eigenvalue weighted by Crippen LogP contribution is 2.21. The van der Waals surface area contributed by atoms with E-state index in [0.29, 0.717) is 0 Å². The van der Waals surface area contributed by atoms with Crippen molar-refractivity contribution < 1.29 is 32.3 Å². The number of rotatable bonds is 6. The molecule has 11 heteroatoms. The van der Waals surface area contributed by atoms with Crippen LogP contribution < -0.4 is 5.32 Å². The lowest BCUT2D eigenvalue weighted by Crippen LogP contribution is -2.41. The molecule has 0 aliphatic carbocycles. The fourth-order valence-corrected chi connectivity index (χ4v) is 0.984. The molecule has 1 aromatic heterocycles. The van der Waals surface area contributed by atoms with E-state index in [-0.39, 0.29) is 0 Å². The smallest absolute Gasteiger partial charge is 0.325 e. The maximum absolute atomic E-state index is 12.5. The first-order chi connectivity index (χ1) is 8.72. The van der Waals surface area contributed by atoms with Crippen LogP contribution in [-0.2, 0) is 11.3 Å². The van der Waals surface area contributed by atoms with E-state index in [1.165, 1.54) is 0 Å². The summed E-state index contributed by atoms with van der Waals surface area (Å²) >= 11 is 0. The number of aromatic nitrogens is 3. The standard InChI is InChI=1S/C8H8F4N4O3/c9-7(10)8(11,12)3-13-6(19)4-1-16(15-14-4)2-5(17)18/h1,7H,2-3H2,(H,13,19)(H,17,18). The molecule has 0 spiro atoms. The van der Waals surface area contributed by atoms with E-state index >= 15 is 0 Å². The monoisotopic (exact) mass is 284 g/mol. The van der Waals surface area contributed by atoms with E-state index in [0.717, 1.165) is 10.9 Å². The van der Waals surface area contributed by atoms with Crippen LogP contribution in [0.2, 0.25) is 0 Å². The van der Waals surface area contributed by atoms with Gasteiger partial charge in [0.05, 0.1) is 12.7 Å². The summed E-state index contributed by atoms with van der Waals surface area (Å²) < 4.78 is 49.4. The van der Waals surface area contributed by atoms with Gasteiger partial charge in [-0.1, -0.05) is 5.21 Å². The molecule has 0 fully saturated rings. The number of hydrogen-bond acceptors (Lipinski definition) is 4. The first-order valence-corrected chi connectivity index (χ1v) is 4.78. The van der Waals surface area contributed by atoms with Gasteiger partial charge in [-0.2, -0.15) is 8.78 Å². The van der Waals surface area contributed by atoms with Crippen LogP contribution in [0, 0.1) is 0 Å². The Bertz CT molecular complexity index is 476. The van der Waals surface area contributed by atoms with Gasteiger partial charge in [-0.3, -0.25) is 9.59 Å². The minimum atomic E-state index is -4.35. The summed E-state index contributed by atoms with van der Waals surface area (Å²) in [5.74, 6) is -6.76. The second-order valence-electron chi connectivity index (χ2n) is 3.44. The van der Waals surface area contributed by atoms with Gasteiger partial charge in [-0.25, -0.2) is 13.5 Å². The summed E-state index contributed by atoms with van der Waals surface area (Å²) in [4.78, 5) is 21.6. The van der Waals surface area contributed by atoms with E-state index in [4.69, 9.17) is 5.11 Å². The summed E-state index contributed by atoms with van der Waals surface area (Å²) in [5.41, 5.74) is -0.452. The molecule has 0 saturated heterocycles. The van der Waals surface area contributed by atoms with E-state index in [1.807, 2.05) is 0 Å². The third-order valence-electron chi connectivity index (χ3n) is 1.87. The second kappa shape index (κ2) is 5.63. The van der Waals surface area contributed by atoms with Gasteiger partial charge in [-0.15, -0.1) is 5.10 Å². The van der Waals surface area contributed by atoms with Crippen molar-refractivity contribution in [1.29, 1.82) is 0 Å². The zero-order valence-electron chi connectivity index (χ0n) is 9.19. The van der Waals surface area contributed by atoms with Crippen LogP contribution in [0.5, 0.6) is 0 Å². The normalized spacial score (nSPS) is 11.6. The lowest BCUT2D eigenvalue weighted by atomic mass is 10.3. The number of nitrogens with one attached hydrogen (secondary N) is 1. The van der Waals surface area contributed by atoms with E-state index < -0.39 is 43.0 Å². The van der Waals surface area contributed by atoms with Crippen molar-refractivity contribution in [3.8, 4) is 0 Å². The number of nitrogens with zero attached hydrogens (tertiary/aromatic N) is 3. The van der Waals surface area contributed by atoms with Crippen LogP contribution in [0.4, 0.5) is 17.6 Å². The maximum Gasteiger partial charge on any atom is 0.325 e. The Balaban J connectivity index is 2.59. The molecule has 0 aromatic carbocycles. The highest BCUT2D eigenvalue weighted by molar-refractivity contribution is 5.91. The Hall–Kier alpha value is -2.20. The molecule has 1 rings (SSSR count). The van der Waals surface area contributed by atoms with Gasteiger partial charge < -0.3 is 10.4 Å². The molecule has 1 aromatic rings. The van der Waals surface area contributed by atoms with Crippen LogP contribution in [-0.4, -0.2) is 50.9 Å². The summed E-state index contributed by atoms with van der Waals surface area (Å²) in [7, 11) is 0. The zero-order chi connectivity index (χ0) is 14.6. The fourth-order valence-electron chi connectivity index (χ4n) is 0.984. The number of carboxylic acid groups (broad SMARTS) is 1. The van der Waals surface area contributed by atoms with E-state index in [2.05, 4.69) is 10.3 Å². The Morgan fingerprint density at radius 1 is 1.47 bits per heavy atom. The molecule has 1 heterocycles. The maximum atomic E-state index is 12.5. The summed E-state index contributed by atoms with van der Waals surface area (Å²) in [6.45, 7) is -2.14. The van der Waals surface area contributed by atoms with Crippen molar-refractivity contribution in [3.63, 3.8) is 0 Å². The Morgan fingerprint density at radius 3 is 2.63 bits per heavy atom. The molecular formula is C8H8F4N4O3. The van der Waals surface area contributed by atoms with Crippen LogP contribution in [0.3, 0.4) is 0 Å². The molecule has 0 aliphatic heterocycles. The number of carboxylic acids is 1. The van der Waals surface area contributed by atoms with Crippen LogP contribution in [0.15, 0.2) is 6.20 Å². The predicted molar refractivity (Wildman–Crippen MR) is 50.9 cm³/mol. The molecule has 19 heavy (non-hydrogen) atoms. The van der Waals surface area contributed by atoms with Gasteiger partial charge in [0, 0.05) is 0 Å². The third-order valence-corrected chi connectivity index (χ3v) is 1.87. The van der Waals surface area contributed by atoms with Gasteiger partial charge in [-0.05, 0) is 0 Å². The van der Waals surface area contributed by atoms with Gasteiger partial charge >= 0.3 is 18.3 Å². The van der Waals surface area contributed by atoms with Gasteiger partial charge in [0.1, 0.15) is 6.54 Å². The van der Waals surface area contributed by atoms with Gasteiger partial charge in [0.2, 0.25) is 0 Å². The Kier molecular flexibility index (Phi) is 4.40. The molecule has 0 unspecified atom stereocenters. The van der Waals surface area contributed by atoms with Crippen LogP contribution >= 0.6 is 0 Å². The minimum Gasteiger partial charge on any atom is -0.480 e. The number of hydrogen-bond donors (Lipinski definition) is 2. The van der Waals surface area contributed by atoms with E-state index in [9.17, 15) is 27.2 Å². The molecule has 0 radical (unpaired) electrons. The lowest BCUT2D eigenvalue weighted by molar-refractivity contribution is -0.137. The van der Waals surface area contributed by atoms with Crippen molar-refractivity contribution in [2.24, 2.45) is 0 Å². The zero-order valence-corrected chi connectivity index (χ0v) is 9.19. The highest BCUT2D eigenvalue weighted by atomic mass is 19.3. The lowest BCUT2D eigenvalue weighted by Gasteiger charge is -2.14. The molecule has 0 saturated carbocycles. The first-order valence-electron chi connectivity index (χ1n) is 4.78. The fraction of sp³-hybridized carbons (Fsp3) is 0.500. The number of amides is 1. The van der Waals surface area contributed by atoms with Crippen molar-refractivity contribution >= 4 is 11.9 Å². The van der Waals surface area contributed by atoms with Crippen molar-refractivity contribution in [1.82, 2.24) is 20.3 Å². The van der Waals surface area contributed by atoms with Gasteiger partial charge in [0.15, 0.2) is 5.69 Å². The predicted octanol–water partition coefficient (Wildman–Crippen LogP) is -0.00710. The Labute approximate surface area is 103 Å². The molecule has 2 N–H and O–H groups in total. The molecule has 0 atom stereocenters. The molecule has 7 nitrogen and oxygen atoms in total. The average Bonchev–Trinajstić information content (AvgIpc) is 2.73. The molecule has 0 aliphatic rings. The topological polar surface area (TPSA) is 97.1 Å². The van der Waals surface area contributed by atoms with Crippen LogP contribution in [0.25, 0.3) is 0 Å². The summed E-state index contributed by atoms with van der Waals surface area (Å²) in [6, 6.07) is 0. The summed E-state index contributed by atoms with van der Waals surface area (Å²) in [5, 5.41) is 16.4. The Morgan fingerprint density at radius 2 is 2.11 bits per heavy atom. The number of aliphatic carboxylic acids is 1. The SMILES string of the molecule is O=C(O)Cn1cc(C(=O)NCC(F)(F)C(F)F)nn1. The molecule has 0 bridgehead atoms. The van der Waals surface area contributed by atoms with Crippen molar-refractivity contribution in [2.75, 3.05) is 6.54 Å². The minimum absolute atomic E-state index is 0.452. The molecule has 1 amide bonds. The second-order valence-corrected chi connectivity index (χ2v) is 3.44. The van der Waals surface area contributed by atoms with Gasteiger partial charge in [0.25, 0.3) is 5.91 Å². The van der Waals surface area contributed by atoms with Crippen LogP contribution in [0.1, 0.15) is 10.5 Å².